The monoisotopic (exact) mass is 343 g/mol. The quantitative estimate of drug-likeness (QED) is 0.591. The molecule has 133 valence electrons. The Morgan fingerprint density at radius 3 is 1.43 bits per heavy atom. The molecular formula is C16H36CoN4-4. The molecule has 0 fully saturated rings. The van der Waals surface area contributed by atoms with Gasteiger partial charge in [-0.15, -0.1) is 30.6 Å². The van der Waals surface area contributed by atoms with E-state index in [0.29, 0.717) is 18.1 Å². The maximum atomic E-state index is 4.48. The zero-order valence-electron chi connectivity index (χ0n) is 15.6. The summed E-state index contributed by atoms with van der Waals surface area (Å²) in [5.74, 6) is 0. The van der Waals surface area contributed by atoms with Crippen LogP contribution < -0.4 is 0 Å². The molecule has 0 rings (SSSR count). The van der Waals surface area contributed by atoms with E-state index in [1.165, 1.54) is 0 Å². The van der Waals surface area contributed by atoms with Crippen LogP contribution in [0.3, 0.4) is 0 Å². The Bertz CT molecular complexity index is 209. The topological polar surface area (TPSA) is 56.4 Å². The van der Waals surface area contributed by atoms with Crippen molar-refractivity contribution in [3.63, 3.8) is 0 Å². The average Bonchev–Trinajstić information content (AvgIpc) is 2.25. The fourth-order valence-corrected chi connectivity index (χ4v) is 1.73. The van der Waals surface area contributed by atoms with Crippen molar-refractivity contribution in [2.45, 2.75) is 91.6 Å². The first-order valence-corrected chi connectivity index (χ1v) is 7.61. The summed E-state index contributed by atoms with van der Waals surface area (Å²) in [4.78, 5) is 0. The van der Waals surface area contributed by atoms with Crippen molar-refractivity contribution in [3.8, 4) is 0 Å². The van der Waals surface area contributed by atoms with Crippen LogP contribution in [0.1, 0.15) is 61.8 Å². The molecule has 0 aliphatic carbocycles. The first kappa shape index (κ1) is 26.3. The van der Waals surface area contributed by atoms with Gasteiger partial charge in [-0.1, -0.05) is 54.9 Å². The molecule has 4 nitrogen and oxygen atoms in total. The molecule has 3 atom stereocenters. The summed E-state index contributed by atoms with van der Waals surface area (Å²) in [6.07, 6.45) is 1.21. The summed E-state index contributed by atoms with van der Waals surface area (Å²) in [5, 5.41) is 17.1. The van der Waals surface area contributed by atoms with Gasteiger partial charge in [-0.2, -0.15) is 14.1 Å². The van der Waals surface area contributed by atoms with E-state index in [1.54, 1.807) is 0 Å². The number of hydrogen-bond donors (Lipinski definition) is 0. The molecule has 0 saturated heterocycles. The van der Waals surface area contributed by atoms with Crippen LogP contribution in [0, 0.1) is 0 Å². The zero-order valence-corrected chi connectivity index (χ0v) is 16.7. The Morgan fingerprint density at radius 2 is 1.19 bits per heavy atom. The van der Waals surface area contributed by atoms with E-state index in [0.717, 1.165) is 6.42 Å². The van der Waals surface area contributed by atoms with Gasteiger partial charge in [0.2, 0.25) is 0 Å². The summed E-state index contributed by atoms with van der Waals surface area (Å²) in [5.41, 5.74) is 0.0395. The second-order valence-corrected chi connectivity index (χ2v) is 6.62. The minimum absolute atomic E-state index is 0. The Morgan fingerprint density at radius 1 is 0.810 bits per heavy atom. The predicted molar refractivity (Wildman–Crippen MR) is 93.2 cm³/mol. The number of rotatable bonds is 7. The summed E-state index contributed by atoms with van der Waals surface area (Å²) in [6.45, 7) is 16.7. The third-order valence-electron chi connectivity index (χ3n) is 2.65. The normalized spacial score (nSPS) is 15.6. The van der Waals surface area contributed by atoms with E-state index in [4.69, 9.17) is 0 Å². The standard InChI is InChI=1S/C9H20N2.C7H16N2.Co/c1-7(2)10-8(3)11-9(4,5)6;1-6(8-3)5-7(2)9-4;/h7-8H,1-6H3;6-7H,5H2,1-4H3;/q2*-2;. The first-order valence-electron chi connectivity index (χ1n) is 7.61. The Hall–Kier alpha value is 0.346. The van der Waals surface area contributed by atoms with E-state index in [-0.39, 0.29) is 28.5 Å². The average molecular weight is 343 g/mol. The molecule has 0 heterocycles. The van der Waals surface area contributed by atoms with Gasteiger partial charge in [0.25, 0.3) is 0 Å². The van der Waals surface area contributed by atoms with Gasteiger partial charge in [0.1, 0.15) is 0 Å². The maximum absolute atomic E-state index is 4.48. The third kappa shape index (κ3) is 22.8. The molecule has 0 bridgehead atoms. The van der Waals surface area contributed by atoms with Gasteiger partial charge in [-0.05, 0) is 0 Å². The van der Waals surface area contributed by atoms with Crippen LogP contribution in [0.5, 0.6) is 0 Å². The number of hydrogen-bond acceptors (Lipinski definition) is 0. The second kappa shape index (κ2) is 14.0. The second-order valence-electron chi connectivity index (χ2n) is 6.62. The molecule has 0 aromatic carbocycles. The molecule has 0 aliphatic rings. The summed E-state index contributed by atoms with van der Waals surface area (Å²) < 4.78 is 0. The van der Waals surface area contributed by atoms with Gasteiger partial charge in [0.05, 0.1) is 0 Å². The summed E-state index contributed by atoms with van der Waals surface area (Å²) in [7, 11) is 3.71. The smallest absolute Gasteiger partial charge is 0 e. The fraction of sp³-hybridized carbons (Fsp3) is 1.00. The van der Waals surface area contributed by atoms with Crippen molar-refractivity contribution < 1.29 is 16.8 Å². The molecule has 21 heavy (non-hydrogen) atoms. The van der Waals surface area contributed by atoms with E-state index in [1.807, 2.05) is 21.0 Å². The minimum Gasteiger partial charge on any atom is -0.676 e. The van der Waals surface area contributed by atoms with Crippen molar-refractivity contribution in [2.75, 3.05) is 14.1 Å². The van der Waals surface area contributed by atoms with Crippen LogP contribution in [0.25, 0.3) is 21.3 Å². The van der Waals surface area contributed by atoms with Crippen LogP contribution in [0.4, 0.5) is 0 Å². The maximum Gasteiger partial charge on any atom is 0 e. The van der Waals surface area contributed by atoms with Gasteiger partial charge < -0.3 is 21.3 Å². The van der Waals surface area contributed by atoms with Crippen molar-refractivity contribution >= 4 is 0 Å². The molecule has 0 aliphatic heterocycles. The number of nitrogens with zero attached hydrogens (tertiary/aromatic N) is 4. The fourth-order valence-electron chi connectivity index (χ4n) is 1.73. The summed E-state index contributed by atoms with van der Waals surface area (Å²) in [6, 6.07) is 1.31. The van der Waals surface area contributed by atoms with Crippen molar-refractivity contribution in [1.29, 1.82) is 0 Å². The SMILES string of the molecule is CC(C)[N-]C(C)[N-]C(C)(C)C.C[N-]C(C)CC(C)[N-]C.[Co]. The van der Waals surface area contributed by atoms with Gasteiger partial charge in [-0.25, -0.2) is 6.17 Å². The molecule has 0 amide bonds. The molecule has 0 aromatic rings. The molecule has 0 aromatic heterocycles. The van der Waals surface area contributed by atoms with Gasteiger partial charge in [0.15, 0.2) is 0 Å². The van der Waals surface area contributed by atoms with E-state index in [9.17, 15) is 0 Å². The van der Waals surface area contributed by atoms with Crippen molar-refractivity contribution in [3.05, 3.63) is 21.3 Å². The largest absolute Gasteiger partial charge is 0.676 e. The van der Waals surface area contributed by atoms with Gasteiger partial charge in [-0.3, -0.25) is 0 Å². The Kier molecular flexibility index (Phi) is 17.5. The van der Waals surface area contributed by atoms with Crippen LogP contribution in [-0.2, 0) is 16.8 Å². The predicted octanol–water partition coefficient (Wildman–Crippen LogP) is 5.44. The molecule has 3 unspecified atom stereocenters. The third-order valence-corrected chi connectivity index (χ3v) is 2.65. The van der Waals surface area contributed by atoms with Crippen molar-refractivity contribution in [1.82, 2.24) is 0 Å². The minimum atomic E-state index is 0. The van der Waals surface area contributed by atoms with Crippen LogP contribution >= 0.6 is 0 Å². The molecule has 5 heteroatoms. The molecule has 0 spiro atoms. The summed E-state index contributed by atoms with van der Waals surface area (Å²) >= 11 is 0. The Balaban J connectivity index is -0.000000300. The Labute approximate surface area is 144 Å². The van der Waals surface area contributed by atoms with Gasteiger partial charge >= 0.3 is 0 Å². The molecule has 1 radical (unpaired) electrons. The first-order chi connectivity index (χ1) is 9.01. The van der Waals surface area contributed by atoms with Gasteiger partial charge in [0, 0.05) is 16.8 Å². The van der Waals surface area contributed by atoms with Crippen LogP contribution in [0.15, 0.2) is 0 Å². The van der Waals surface area contributed by atoms with E-state index in [2.05, 4.69) is 69.7 Å². The van der Waals surface area contributed by atoms with E-state index >= 15 is 0 Å². The van der Waals surface area contributed by atoms with E-state index < -0.39 is 0 Å². The molecular weight excluding hydrogens is 307 g/mol. The zero-order chi connectivity index (χ0) is 16.3. The molecule has 0 N–H and O–H groups in total. The van der Waals surface area contributed by atoms with Crippen LogP contribution in [-0.4, -0.2) is 43.9 Å². The van der Waals surface area contributed by atoms with Crippen LogP contribution in [0.2, 0.25) is 0 Å². The van der Waals surface area contributed by atoms with Crippen molar-refractivity contribution in [2.24, 2.45) is 0 Å². The molecule has 0 saturated carbocycles.